The predicted octanol–water partition coefficient (Wildman–Crippen LogP) is 2.00. The molecule has 0 amide bonds. The summed E-state index contributed by atoms with van der Waals surface area (Å²) in [4.78, 5) is 0. The van der Waals surface area contributed by atoms with E-state index in [1.54, 1.807) is 6.07 Å². The van der Waals surface area contributed by atoms with E-state index in [2.05, 4.69) is 10.0 Å². The summed E-state index contributed by atoms with van der Waals surface area (Å²) in [6, 6.07) is 3.84. The molecule has 0 atom stereocenters. The molecular formula is C14H22N2O3S. The average molecular weight is 298 g/mol. The third-order valence-corrected chi connectivity index (χ3v) is 5.58. The molecule has 0 spiro atoms. The lowest BCUT2D eigenvalue weighted by atomic mass is 10.0. The molecule has 2 aliphatic carbocycles. The molecule has 0 aliphatic heterocycles. The van der Waals surface area contributed by atoms with Crippen molar-refractivity contribution in [2.24, 2.45) is 5.92 Å². The molecule has 2 saturated carbocycles. The molecule has 1 aromatic heterocycles. The van der Waals surface area contributed by atoms with Crippen LogP contribution in [-0.4, -0.2) is 20.0 Å². The fraction of sp³-hybridized carbons (Fsp3) is 0.714. The molecule has 1 aromatic rings. The van der Waals surface area contributed by atoms with Gasteiger partial charge in [-0.25, -0.2) is 13.1 Å². The van der Waals surface area contributed by atoms with Crippen molar-refractivity contribution >= 4 is 10.0 Å². The van der Waals surface area contributed by atoms with Gasteiger partial charge in [0, 0.05) is 11.6 Å². The van der Waals surface area contributed by atoms with Gasteiger partial charge in [0.25, 0.3) is 10.0 Å². The van der Waals surface area contributed by atoms with Crippen LogP contribution in [0.15, 0.2) is 21.6 Å². The van der Waals surface area contributed by atoms with Gasteiger partial charge in [0.1, 0.15) is 5.76 Å². The Hall–Kier alpha value is -0.850. The maximum atomic E-state index is 12.3. The highest BCUT2D eigenvalue weighted by Crippen LogP contribution is 2.40. The Morgan fingerprint density at radius 1 is 1.25 bits per heavy atom. The SMILES string of the molecule is CC(C)(NS(=O)(=O)c1ccc(CNC2CC2)o1)C1CC1. The highest BCUT2D eigenvalue weighted by Gasteiger charge is 2.41. The summed E-state index contributed by atoms with van der Waals surface area (Å²) in [5.41, 5.74) is -0.405. The summed E-state index contributed by atoms with van der Waals surface area (Å²) in [6.45, 7) is 4.45. The quantitative estimate of drug-likeness (QED) is 0.807. The van der Waals surface area contributed by atoms with Crippen LogP contribution in [0, 0.1) is 5.92 Å². The Morgan fingerprint density at radius 2 is 1.95 bits per heavy atom. The smallest absolute Gasteiger partial charge is 0.274 e. The standard InChI is InChI=1S/C14H22N2O3S/c1-14(2,10-3-4-10)16-20(17,18)13-8-7-12(19-13)9-15-11-5-6-11/h7-8,10-11,15-16H,3-6,9H2,1-2H3. The first-order valence-corrected chi connectivity index (χ1v) is 8.71. The number of nitrogens with one attached hydrogen (secondary N) is 2. The Kier molecular flexibility index (Phi) is 3.43. The number of furan rings is 1. The van der Waals surface area contributed by atoms with Crippen LogP contribution in [0.25, 0.3) is 0 Å². The third kappa shape index (κ3) is 3.24. The van der Waals surface area contributed by atoms with Crippen LogP contribution in [0.4, 0.5) is 0 Å². The number of sulfonamides is 1. The Balaban J connectivity index is 1.66. The molecule has 112 valence electrons. The zero-order valence-corrected chi connectivity index (χ0v) is 12.8. The van der Waals surface area contributed by atoms with Crippen LogP contribution in [0.3, 0.4) is 0 Å². The summed E-state index contributed by atoms with van der Waals surface area (Å²) in [5.74, 6) is 1.10. The van der Waals surface area contributed by atoms with E-state index in [9.17, 15) is 8.42 Å². The minimum absolute atomic E-state index is 0.0128. The van der Waals surface area contributed by atoms with Gasteiger partial charge in [0.2, 0.25) is 5.09 Å². The molecule has 2 fully saturated rings. The molecule has 2 N–H and O–H groups in total. The predicted molar refractivity (Wildman–Crippen MR) is 75.7 cm³/mol. The molecule has 20 heavy (non-hydrogen) atoms. The minimum Gasteiger partial charge on any atom is -0.447 e. The lowest BCUT2D eigenvalue weighted by Crippen LogP contribution is -2.44. The van der Waals surface area contributed by atoms with E-state index in [-0.39, 0.29) is 5.09 Å². The largest absolute Gasteiger partial charge is 0.447 e. The minimum atomic E-state index is -3.57. The number of rotatable bonds is 7. The fourth-order valence-electron chi connectivity index (χ4n) is 2.42. The van der Waals surface area contributed by atoms with E-state index in [1.165, 1.54) is 18.9 Å². The number of hydrogen-bond donors (Lipinski definition) is 2. The highest BCUT2D eigenvalue weighted by atomic mass is 32.2. The van der Waals surface area contributed by atoms with E-state index in [4.69, 9.17) is 4.42 Å². The molecule has 6 heteroatoms. The van der Waals surface area contributed by atoms with Gasteiger partial charge >= 0.3 is 0 Å². The second kappa shape index (κ2) is 4.86. The number of hydrogen-bond acceptors (Lipinski definition) is 4. The fourth-order valence-corrected chi connectivity index (χ4v) is 3.84. The van der Waals surface area contributed by atoms with Crippen molar-refractivity contribution in [3.05, 3.63) is 17.9 Å². The van der Waals surface area contributed by atoms with Crippen molar-refractivity contribution < 1.29 is 12.8 Å². The first kappa shape index (κ1) is 14.1. The van der Waals surface area contributed by atoms with E-state index in [0.717, 1.165) is 12.8 Å². The van der Waals surface area contributed by atoms with E-state index in [0.29, 0.717) is 24.3 Å². The summed E-state index contributed by atoms with van der Waals surface area (Å²) >= 11 is 0. The van der Waals surface area contributed by atoms with Crippen molar-refractivity contribution in [3.8, 4) is 0 Å². The molecule has 0 radical (unpaired) electrons. The van der Waals surface area contributed by atoms with Gasteiger partial charge in [0.05, 0.1) is 6.54 Å². The highest BCUT2D eigenvalue weighted by molar-refractivity contribution is 7.89. The Labute approximate surface area is 120 Å². The van der Waals surface area contributed by atoms with Crippen molar-refractivity contribution in [1.82, 2.24) is 10.0 Å². The van der Waals surface area contributed by atoms with Gasteiger partial charge in [-0.1, -0.05) is 0 Å². The van der Waals surface area contributed by atoms with Gasteiger partial charge < -0.3 is 9.73 Å². The first-order chi connectivity index (χ1) is 9.37. The van der Waals surface area contributed by atoms with E-state index in [1.807, 2.05) is 13.8 Å². The van der Waals surface area contributed by atoms with Gasteiger partial charge in [-0.15, -0.1) is 0 Å². The maximum absolute atomic E-state index is 12.3. The lowest BCUT2D eigenvalue weighted by Gasteiger charge is -2.24. The van der Waals surface area contributed by atoms with Crippen LogP contribution >= 0.6 is 0 Å². The summed E-state index contributed by atoms with van der Waals surface area (Å²) in [6.07, 6.45) is 4.57. The Bertz CT molecular complexity index is 583. The van der Waals surface area contributed by atoms with Gasteiger partial charge in [-0.2, -0.15) is 0 Å². The van der Waals surface area contributed by atoms with Crippen molar-refractivity contribution in [1.29, 1.82) is 0 Å². The molecule has 3 rings (SSSR count). The van der Waals surface area contributed by atoms with Gasteiger partial charge in [-0.05, 0) is 57.6 Å². The molecule has 2 aliphatic rings. The first-order valence-electron chi connectivity index (χ1n) is 7.23. The average Bonchev–Trinajstić information content (AvgIpc) is 3.23. The maximum Gasteiger partial charge on any atom is 0.274 e. The van der Waals surface area contributed by atoms with Crippen LogP contribution in [0.1, 0.15) is 45.3 Å². The molecule has 1 heterocycles. The molecule has 0 saturated heterocycles. The summed E-state index contributed by atoms with van der Waals surface area (Å²) in [7, 11) is -3.57. The van der Waals surface area contributed by atoms with Crippen LogP contribution in [0.2, 0.25) is 0 Å². The molecule has 0 aromatic carbocycles. The lowest BCUT2D eigenvalue weighted by molar-refractivity contribution is 0.372. The third-order valence-electron chi connectivity index (χ3n) is 4.04. The monoisotopic (exact) mass is 298 g/mol. The summed E-state index contributed by atoms with van der Waals surface area (Å²) in [5, 5.41) is 3.32. The second-order valence-corrected chi connectivity index (χ2v) is 8.09. The van der Waals surface area contributed by atoms with Crippen LogP contribution < -0.4 is 10.0 Å². The normalized spacial score (nSPS) is 20.3. The van der Waals surface area contributed by atoms with Crippen molar-refractivity contribution in [3.63, 3.8) is 0 Å². The van der Waals surface area contributed by atoms with E-state index < -0.39 is 15.6 Å². The second-order valence-electron chi connectivity index (χ2n) is 6.48. The molecular weight excluding hydrogens is 276 g/mol. The zero-order chi connectivity index (χ0) is 14.4. The van der Waals surface area contributed by atoms with Crippen molar-refractivity contribution in [2.75, 3.05) is 0 Å². The topological polar surface area (TPSA) is 71.3 Å². The van der Waals surface area contributed by atoms with Crippen molar-refractivity contribution in [2.45, 2.75) is 62.7 Å². The summed E-state index contributed by atoms with van der Waals surface area (Å²) < 4.78 is 32.9. The van der Waals surface area contributed by atoms with Gasteiger partial charge in [-0.3, -0.25) is 0 Å². The van der Waals surface area contributed by atoms with Gasteiger partial charge in [0.15, 0.2) is 0 Å². The van der Waals surface area contributed by atoms with Crippen LogP contribution in [0.5, 0.6) is 0 Å². The molecule has 0 bridgehead atoms. The van der Waals surface area contributed by atoms with E-state index >= 15 is 0 Å². The molecule has 0 unspecified atom stereocenters. The zero-order valence-electron chi connectivity index (χ0n) is 12.0. The van der Waals surface area contributed by atoms with Crippen LogP contribution in [-0.2, 0) is 16.6 Å². The Morgan fingerprint density at radius 3 is 2.55 bits per heavy atom. The molecule has 5 nitrogen and oxygen atoms in total.